The number of rotatable bonds is 7. The number of nitrogens with one attached hydrogen (secondary N) is 2. The molecule has 0 spiro atoms. The predicted octanol–water partition coefficient (Wildman–Crippen LogP) is 3.84. The Balaban J connectivity index is 1.95. The second-order valence-corrected chi connectivity index (χ2v) is 9.28. The molecule has 1 saturated heterocycles. The molecule has 2 aromatic carbocycles. The quantitative estimate of drug-likeness (QED) is 0.720. The van der Waals surface area contributed by atoms with E-state index in [1.54, 1.807) is 12.1 Å². The minimum Gasteiger partial charge on any atom is -0.370 e. The molecule has 156 valence electrons. The molecular formula is C22H29N3O3S. The SMILES string of the molecule is CCCNS(=O)(=O)c1cc(C(=O)Nc2ccc(C)cc2C)ccc1N1CCCC1. The van der Waals surface area contributed by atoms with Crippen LogP contribution >= 0.6 is 0 Å². The number of nitrogens with zero attached hydrogens (tertiary/aromatic N) is 1. The molecule has 0 atom stereocenters. The number of hydrogen-bond donors (Lipinski definition) is 2. The van der Waals surface area contributed by atoms with Gasteiger partial charge in [-0.15, -0.1) is 0 Å². The summed E-state index contributed by atoms with van der Waals surface area (Å²) in [5.41, 5.74) is 3.78. The first-order valence-electron chi connectivity index (χ1n) is 10.1. The van der Waals surface area contributed by atoms with Crippen molar-refractivity contribution in [3.05, 3.63) is 53.1 Å². The van der Waals surface area contributed by atoms with E-state index in [1.165, 1.54) is 6.07 Å². The zero-order valence-electron chi connectivity index (χ0n) is 17.3. The molecule has 29 heavy (non-hydrogen) atoms. The van der Waals surface area contributed by atoms with Crippen LogP contribution in [0.2, 0.25) is 0 Å². The molecule has 0 aliphatic carbocycles. The Morgan fingerprint density at radius 3 is 2.45 bits per heavy atom. The summed E-state index contributed by atoms with van der Waals surface area (Å²) in [6.07, 6.45) is 2.78. The van der Waals surface area contributed by atoms with Crippen molar-refractivity contribution in [3.63, 3.8) is 0 Å². The average molecular weight is 416 g/mol. The zero-order chi connectivity index (χ0) is 21.0. The molecule has 1 aliphatic rings. The second-order valence-electron chi connectivity index (χ2n) is 7.55. The summed E-state index contributed by atoms with van der Waals surface area (Å²) in [5, 5.41) is 2.90. The van der Waals surface area contributed by atoms with E-state index >= 15 is 0 Å². The highest BCUT2D eigenvalue weighted by Gasteiger charge is 2.25. The Bertz CT molecular complexity index is 996. The third-order valence-electron chi connectivity index (χ3n) is 5.13. The molecule has 1 fully saturated rings. The van der Waals surface area contributed by atoms with Crippen molar-refractivity contribution in [3.8, 4) is 0 Å². The lowest BCUT2D eigenvalue weighted by Crippen LogP contribution is -2.28. The minimum atomic E-state index is -3.70. The maximum absolute atomic E-state index is 12.9. The third-order valence-corrected chi connectivity index (χ3v) is 6.62. The van der Waals surface area contributed by atoms with Crippen LogP contribution in [0.25, 0.3) is 0 Å². The molecule has 0 saturated carbocycles. The first-order chi connectivity index (χ1) is 13.8. The van der Waals surface area contributed by atoms with Crippen LogP contribution in [0.3, 0.4) is 0 Å². The topological polar surface area (TPSA) is 78.5 Å². The molecule has 6 nitrogen and oxygen atoms in total. The number of amides is 1. The van der Waals surface area contributed by atoms with Crippen LogP contribution in [0.15, 0.2) is 41.3 Å². The summed E-state index contributed by atoms with van der Waals surface area (Å²) in [4.78, 5) is 15.1. The Labute approximate surface area is 173 Å². The van der Waals surface area contributed by atoms with Crippen LogP contribution in [0.4, 0.5) is 11.4 Å². The highest BCUT2D eigenvalue weighted by atomic mass is 32.2. The minimum absolute atomic E-state index is 0.168. The Kier molecular flexibility index (Phi) is 6.59. The standard InChI is InChI=1S/C22H29N3O3S/c1-4-11-23-29(27,28)21-15-18(8-10-20(21)25-12-5-6-13-25)22(26)24-19-9-7-16(2)14-17(19)3/h7-10,14-15,23H,4-6,11-13H2,1-3H3,(H,24,26). The van der Waals surface area contributed by atoms with E-state index in [1.807, 2.05) is 39.0 Å². The normalized spacial score (nSPS) is 14.2. The molecule has 1 aliphatic heterocycles. The Hall–Kier alpha value is -2.38. The maximum atomic E-state index is 12.9. The number of aryl methyl sites for hydroxylation is 2. The van der Waals surface area contributed by atoms with Gasteiger partial charge < -0.3 is 10.2 Å². The molecule has 0 aromatic heterocycles. The number of carbonyl (C=O) groups is 1. The highest BCUT2D eigenvalue weighted by Crippen LogP contribution is 2.30. The number of carbonyl (C=O) groups excluding carboxylic acids is 1. The van der Waals surface area contributed by atoms with E-state index in [4.69, 9.17) is 0 Å². The zero-order valence-corrected chi connectivity index (χ0v) is 18.1. The number of anilines is 2. The maximum Gasteiger partial charge on any atom is 0.255 e. The van der Waals surface area contributed by atoms with Gasteiger partial charge in [-0.25, -0.2) is 13.1 Å². The summed E-state index contributed by atoms with van der Waals surface area (Å²) in [6.45, 7) is 7.85. The van der Waals surface area contributed by atoms with Gasteiger partial charge in [0.25, 0.3) is 5.91 Å². The predicted molar refractivity (Wildman–Crippen MR) is 117 cm³/mol. The molecule has 7 heteroatoms. The highest BCUT2D eigenvalue weighted by molar-refractivity contribution is 7.89. The van der Waals surface area contributed by atoms with Gasteiger partial charge in [-0.05, 0) is 62.9 Å². The second kappa shape index (κ2) is 8.97. The Morgan fingerprint density at radius 2 is 1.79 bits per heavy atom. The van der Waals surface area contributed by atoms with Gasteiger partial charge in [0, 0.05) is 30.9 Å². The molecular weight excluding hydrogens is 386 g/mol. The van der Waals surface area contributed by atoms with Crippen molar-refractivity contribution in [2.75, 3.05) is 29.9 Å². The molecule has 1 amide bonds. The lowest BCUT2D eigenvalue weighted by Gasteiger charge is -2.22. The van der Waals surface area contributed by atoms with Crippen LogP contribution in [0.1, 0.15) is 47.7 Å². The van der Waals surface area contributed by atoms with Crippen molar-refractivity contribution in [1.29, 1.82) is 0 Å². The van der Waals surface area contributed by atoms with Crippen molar-refractivity contribution in [2.24, 2.45) is 0 Å². The average Bonchev–Trinajstić information content (AvgIpc) is 3.22. The molecule has 1 heterocycles. The fraction of sp³-hybridized carbons (Fsp3) is 0.409. The molecule has 0 unspecified atom stereocenters. The van der Waals surface area contributed by atoms with Crippen molar-refractivity contribution >= 4 is 27.3 Å². The number of sulfonamides is 1. The fourth-order valence-electron chi connectivity index (χ4n) is 3.55. The van der Waals surface area contributed by atoms with E-state index in [0.29, 0.717) is 24.2 Å². The van der Waals surface area contributed by atoms with Crippen molar-refractivity contribution in [2.45, 2.75) is 44.9 Å². The fourth-order valence-corrected chi connectivity index (χ4v) is 4.94. The van der Waals surface area contributed by atoms with Gasteiger partial charge in [0.1, 0.15) is 4.90 Å². The van der Waals surface area contributed by atoms with Crippen LogP contribution in [0.5, 0.6) is 0 Å². The molecule has 3 rings (SSSR count). The number of benzene rings is 2. The summed E-state index contributed by atoms with van der Waals surface area (Å²) in [5.74, 6) is -0.322. The third kappa shape index (κ3) is 4.97. The molecule has 2 aromatic rings. The Morgan fingerprint density at radius 1 is 1.07 bits per heavy atom. The van der Waals surface area contributed by atoms with Gasteiger partial charge >= 0.3 is 0 Å². The van der Waals surface area contributed by atoms with Gasteiger partial charge in [0.05, 0.1) is 5.69 Å². The first kappa shape index (κ1) is 21.3. The van der Waals surface area contributed by atoms with Crippen LogP contribution in [-0.2, 0) is 10.0 Å². The lowest BCUT2D eigenvalue weighted by molar-refractivity contribution is 0.102. The van der Waals surface area contributed by atoms with Crippen molar-refractivity contribution < 1.29 is 13.2 Å². The summed E-state index contributed by atoms with van der Waals surface area (Å²) in [6, 6.07) is 10.7. The largest absolute Gasteiger partial charge is 0.370 e. The summed E-state index contributed by atoms with van der Waals surface area (Å²) in [7, 11) is -3.70. The van der Waals surface area contributed by atoms with Gasteiger partial charge in [0.15, 0.2) is 0 Å². The summed E-state index contributed by atoms with van der Waals surface area (Å²) < 4.78 is 28.5. The van der Waals surface area contributed by atoms with E-state index in [-0.39, 0.29) is 10.8 Å². The van der Waals surface area contributed by atoms with Gasteiger partial charge in [0.2, 0.25) is 10.0 Å². The van der Waals surface area contributed by atoms with Crippen LogP contribution in [-0.4, -0.2) is 34.0 Å². The van der Waals surface area contributed by atoms with Gasteiger partial charge in [-0.3, -0.25) is 4.79 Å². The molecule has 0 bridgehead atoms. The van der Waals surface area contributed by atoms with Gasteiger partial charge in [-0.1, -0.05) is 24.6 Å². The smallest absolute Gasteiger partial charge is 0.255 e. The van der Waals surface area contributed by atoms with E-state index in [2.05, 4.69) is 14.9 Å². The molecule has 2 N–H and O–H groups in total. The van der Waals surface area contributed by atoms with Gasteiger partial charge in [-0.2, -0.15) is 0 Å². The lowest BCUT2D eigenvalue weighted by atomic mass is 10.1. The van der Waals surface area contributed by atoms with E-state index in [9.17, 15) is 13.2 Å². The van der Waals surface area contributed by atoms with Crippen molar-refractivity contribution in [1.82, 2.24) is 4.72 Å². The van der Waals surface area contributed by atoms with E-state index in [0.717, 1.165) is 42.7 Å². The van der Waals surface area contributed by atoms with Crippen LogP contribution in [0, 0.1) is 13.8 Å². The van der Waals surface area contributed by atoms with E-state index < -0.39 is 10.0 Å². The number of hydrogen-bond acceptors (Lipinski definition) is 4. The first-order valence-corrected chi connectivity index (χ1v) is 11.6. The summed E-state index contributed by atoms with van der Waals surface area (Å²) >= 11 is 0. The molecule has 0 radical (unpaired) electrons. The monoisotopic (exact) mass is 415 g/mol. The van der Waals surface area contributed by atoms with Crippen LogP contribution < -0.4 is 14.9 Å².